The Morgan fingerprint density at radius 3 is 1.59 bits per heavy atom. The molecule has 2 rings (SSSR count). The van der Waals surface area contributed by atoms with Crippen LogP contribution in [-0.2, 0) is 13.3 Å². The van der Waals surface area contributed by atoms with Crippen LogP contribution in [-0.4, -0.2) is 131 Å². The molecule has 2 aliphatic rings. The van der Waals surface area contributed by atoms with E-state index in [4.69, 9.17) is 13.3 Å². The monoisotopic (exact) mass is 444 g/mol. The lowest BCUT2D eigenvalue weighted by molar-refractivity contribution is 0.0311. The summed E-state index contributed by atoms with van der Waals surface area (Å²) in [5.74, 6) is 0.660. The third-order valence-electron chi connectivity index (χ3n) is 6.44. The first kappa shape index (κ1) is 25.4. The lowest BCUT2D eigenvalue weighted by Crippen LogP contribution is -2.61. The van der Waals surface area contributed by atoms with Gasteiger partial charge in [-0.1, -0.05) is 25.3 Å². The number of nitrogens with zero attached hydrogens (tertiary/aromatic N) is 4. The molecule has 0 unspecified atom stereocenters. The molecule has 2 radical (unpaired) electrons. The van der Waals surface area contributed by atoms with E-state index in [9.17, 15) is 0 Å². The zero-order chi connectivity index (χ0) is 21.1. The molecule has 2 saturated heterocycles. The fraction of sp³-hybridized carbons (Fsp3) is 1.00. The molecular formula is C20H44N4O3Si2. The molecule has 0 aliphatic carbocycles. The summed E-state index contributed by atoms with van der Waals surface area (Å²) >= 11 is 0. The summed E-state index contributed by atoms with van der Waals surface area (Å²) in [6.45, 7) is 9.71. The predicted octanol–water partition coefficient (Wildman–Crippen LogP) is 1.33. The smallest absolute Gasteiger partial charge is 0.377 e. The van der Waals surface area contributed by atoms with Crippen LogP contribution in [0.25, 0.3) is 0 Å². The lowest BCUT2D eigenvalue weighted by atomic mass is 10.2. The summed E-state index contributed by atoms with van der Waals surface area (Å²) in [6, 6.07) is 2.27. The molecule has 2 heterocycles. The average Bonchev–Trinajstić information content (AvgIpc) is 2.75. The van der Waals surface area contributed by atoms with E-state index in [2.05, 4.69) is 33.7 Å². The van der Waals surface area contributed by atoms with Crippen LogP contribution in [0.1, 0.15) is 25.7 Å². The van der Waals surface area contributed by atoms with E-state index in [1.165, 1.54) is 77.7 Å². The maximum atomic E-state index is 5.52. The third-order valence-corrected chi connectivity index (χ3v) is 11.0. The van der Waals surface area contributed by atoms with Gasteiger partial charge in [0.1, 0.15) is 0 Å². The van der Waals surface area contributed by atoms with Gasteiger partial charge in [0.25, 0.3) is 0 Å². The molecule has 170 valence electrons. The van der Waals surface area contributed by atoms with Crippen molar-refractivity contribution in [3.63, 3.8) is 0 Å². The molecule has 0 amide bonds. The molecule has 0 bridgehead atoms. The van der Waals surface area contributed by atoms with E-state index in [0.29, 0.717) is 5.79 Å². The molecule has 0 saturated carbocycles. The molecule has 7 nitrogen and oxygen atoms in total. The molecule has 2 fully saturated rings. The average molecular weight is 445 g/mol. The third kappa shape index (κ3) is 8.31. The van der Waals surface area contributed by atoms with Crippen LogP contribution in [0.2, 0.25) is 12.1 Å². The molecule has 0 aromatic carbocycles. The molecule has 2 aliphatic heterocycles. The van der Waals surface area contributed by atoms with Crippen LogP contribution in [0.3, 0.4) is 0 Å². The van der Waals surface area contributed by atoms with E-state index in [1.807, 2.05) is 0 Å². The van der Waals surface area contributed by atoms with Crippen molar-refractivity contribution in [1.29, 1.82) is 0 Å². The molecule has 0 N–H and O–H groups in total. The van der Waals surface area contributed by atoms with Gasteiger partial charge < -0.3 is 23.1 Å². The summed E-state index contributed by atoms with van der Waals surface area (Å²) in [5, 5.41) is 0. The molecule has 0 aromatic heterocycles. The maximum Gasteiger partial charge on any atom is 0.500 e. The highest BCUT2D eigenvalue weighted by Gasteiger charge is 2.36. The molecular weight excluding hydrogens is 400 g/mol. The predicted molar refractivity (Wildman–Crippen MR) is 123 cm³/mol. The second-order valence-electron chi connectivity index (χ2n) is 8.47. The first-order valence-electron chi connectivity index (χ1n) is 11.3. The molecule has 9 heteroatoms. The first-order valence-corrected chi connectivity index (χ1v) is 14.5. The zero-order valence-electron chi connectivity index (χ0n) is 19.5. The number of hydrogen-bond acceptors (Lipinski definition) is 7. The molecule has 29 heavy (non-hydrogen) atoms. The Balaban J connectivity index is 1.70. The van der Waals surface area contributed by atoms with Crippen LogP contribution in [0, 0.1) is 0 Å². The second kappa shape index (κ2) is 13.5. The topological polar surface area (TPSA) is 40.7 Å². The van der Waals surface area contributed by atoms with Gasteiger partial charge >= 0.3 is 8.80 Å². The Morgan fingerprint density at radius 2 is 1.14 bits per heavy atom. The highest BCUT2D eigenvalue weighted by atomic mass is 28.4. The number of rotatable bonds is 13. The summed E-state index contributed by atoms with van der Waals surface area (Å²) in [6.07, 6.45) is 5.00. The van der Waals surface area contributed by atoms with Gasteiger partial charge in [-0.25, -0.2) is 0 Å². The molecule has 0 aromatic rings. The largest absolute Gasteiger partial charge is 0.500 e. The van der Waals surface area contributed by atoms with Crippen LogP contribution in [0.5, 0.6) is 0 Å². The van der Waals surface area contributed by atoms with Crippen molar-refractivity contribution in [1.82, 2.24) is 19.6 Å². The van der Waals surface area contributed by atoms with Crippen LogP contribution in [0.4, 0.5) is 0 Å². The summed E-state index contributed by atoms with van der Waals surface area (Å²) in [5.41, 5.74) is 0. The van der Waals surface area contributed by atoms with Gasteiger partial charge in [0, 0.05) is 85.5 Å². The van der Waals surface area contributed by atoms with Crippen molar-refractivity contribution in [2.45, 2.75) is 43.6 Å². The van der Waals surface area contributed by atoms with Crippen molar-refractivity contribution in [2.75, 3.05) is 87.8 Å². The van der Waals surface area contributed by atoms with Crippen molar-refractivity contribution in [3.8, 4) is 0 Å². The zero-order valence-corrected chi connectivity index (χ0v) is 21.5. The number of unbranched alkanes of at least 4 members (excludes halogenated alkanes) is 3. The SMILES string of the molecule is CO[Si](CCCCCC[Si]C(N1CCN(C)CC1)N1CCN(C)CC1)(OC)OC. The Labute approximate surface area is 182 Å². The standard InChI is InChI=1S/C20H44N4O3Si2/c1-21-10-14-23(15-11-21)20(24-16-12-22(2)13-17-24)28-18-8-6-7-9-19-29(25-3,26-4)27-5/h20H,6-19H2,1-5H3. The van der Waals surface area contributed by atoms with Gasteiger partial charge in [-0.15, -0.1) is 0 Å². The fourth-order valence-electron chi connectivity index (χ4n) is 4.23. The highest BCUT2D eigenvalue weighted by Crippen LogP contribution is 2.19. The van der Waals surface area contributed by atoms with Crippen molar-refractivity contribution < 1.29 is 13.3 Å². The minimum absolute atomic E-state index is 0.660. The quantitative estimate of drug-likeness (QED) is 0.313. The molecule has 0 atom stereocenters. The van der Waals surface area contributed by atoms with Gasteiger partial charge in [-0.2, -0.15) is 0 Å². The Bertz CT molecular complexity index is 400. The van der Waals surface area contributed by atoms with Gasteiger partial charge in [0.15, 0.2) is 0 Å². The number of piperazine rings is 2. The van der Waals surface area contributed by atoms with Gasteiger partial charge in [-0.3, -0.25) is 9.80 Å². The van der Waals surface area contributed by atoms with Crippen LogP contribution >= 0.6 is 0 Å². The van der Waals surface area contributed by atoms with E-state index < -0.39 is 8.80 Å². The van der Waals surface area contributed by atoms with Crippen LogP contribution in [0.15, 0.2) is 0 Å². The minimum atomic E-state index is -2.38. The molecule has 0 spiro atoms. The first-order chi connectivity index (χ1) is 14.0. The van der Waals surface area contributed by atoms with E-state index in [1.54, 1.807) is 21.3 Å². The van der Waals surface area contributed by atoms with Gasteiger partial charge in [0.2, 0.25) is 0 Å². The number of hydrogen-bond donors (Lipinski definition) is 0. The maximum absolute atomic E-state index is 5.52. The summed E-state index contributed by atoms with van der Waals surface area (Å²) in [7, 11) is 8.25. The lowest BCUT2D eigenvalue weighted by Gasteiger charge is -2.45. The fourth-order valence-corrected chi connectivity index (χ4v) is 7.77. The van der Waals surface area contributed by atoms with Crippen molar-refractivity contribution >= 4 is 18.3 Å². The minimum Gasteiger partial charge on any atom is -0.377 e. The van der Waals surface area contributed by atoms with Crippen LogP contribution < -0.4 is 0 Å². The Morgan fingerprint density at radius 1 is 0.690 bits per heavy atom. The normalized spacial score (nSPS) is 21.3. The van der Waals surface area contributed by atoms with E-state index >= 15 is 0 Å². The summed E-state index contributed by atoms with van der Waals surface area (Å²) in [4.78, 5) is 10.5. The Kier molecular flexibility index (Phi) is 11.9. The van der Waals surface area contributed by atoms with Gasteiger partial charge in [-0.05, 0) is 20.5 Å². The summed E-state index contributed by atoms with van der Waals surface area (Å²) < 4.78 is 16.6. The number of likely N-dealkylation sites (N-methyl/N-ethyl adjacent to an activating group) is 2. The second-order valence-corrected chi connectivity index (χ2v) is 13.0. The van der Waals surface area contributed by atoms with Crippen molar-refractivity contribution in [2.24, 2.45) is 0 Å². The van der Waals surface area contributed by atoms with E-state index in [-0.39, 0.29) is 0 Å². The van der Waals surface area contributed by atoms with Gasteiger partial charge in [0.05, 0.1) is 9.52 Å². The highest BCUT2D eigenvalue weighted by molar-refractivity contribution is 6.60. The Hall–Kier alpha value is 0.154. The van der Waals surface area contributed by atoms with Crippen molar-refractivity contribution in [3.05, 3.63) is 0 Å². The van der Waals surface area contributed by atoms with E-state index in [0.717, 1.165) is 22.0 Å².